The first-order valence-electron chi connectivity index (χ1n) is 8.78. The second-order valence-electron chi connectivity index (χ2n) is 5.99. The summed E-state index contributed by atoms with van der Waals surface area (Å²) >= 11 is 0. The molecule has 0 aliphatic rings. The van der Waals surface area contributed by atoms with E-state index in [4.69, 9.17) is 0 Å². The summed E-state index contributed by atoms with van der Waals surface area (Å²) < 4.78 is 4.63. The van der Waals surface area contributed by atoms with Gasteiger partial charge in [0.25, 0.3) is 6.47 Å². The first-order valence-corrected chi connectivity index (χ1v) is 8.78. The third kappa shape index (κ3) is 12.5. The molecule has 0 aliphatic heterocycles. The lowest BCUT2D eigenvalue weighted by Crippen LogP contribution is -2.46. The summed E-state index contributed by atoms with van der Waals surface area (Å²) in [7, 11) is 0.275. The van der Waals surface area contributed by atoms with E-state index in [1.807, 2.05) is 37.1 Å². The lowest BCUT2D eigenvalue weighted by Gasteiger charge is -2.19. The van der Waals surface area contributed by atoms with Gasteiger partial charge in [0, 0.05) is 13.0 Å². The molecule has 0 aromatic carbocycles. The molecule has 3 N–H and O–H groups in total. The van der Waals surface area contributed by atoms with E-state index >= 15 is 0 Å². The van der Waals surface area contributed by atoms with Crippen LogP contribution >= 0.6 is 0 Å². The van der Waals surface area contributed by atoms with Crippen molar-refractivity contribution in [3.8, 4) is 0 Å². The van der Waals surface area contributed by atoms with Crippen LogP contribution in [0.15, 0.2) is 36.5 Å². The van der Waals surface area contributed by atoms with Crippen LogP contribution in [-0.2, 0) is 14.3 Å². The van der Waals surface area contributed by atoms with E-state index in [-0.39, 0.29) is 12.3 Å². The third-order valence-corrected chi connectivity index (χ3v) is 3.78. The van der Waals surface area contributed by atoms with E-state index in [0.29, 0.717) is 32.5 Å². The molecule has 1 amide bonds. The maximum atomic E-state index is 12.0. The molecule has 0 saturated carbocycles. The van der Waals surface area contributed by atoms with Crippen molar-refractivity contribution in [3.05, 3.63) is 36.5 Å². The van der Waals surface area contributed by atoms with Gasteiger partial charge in [0.15, 0.2) is 0 Å². The summed E-state index contributed by atoms with van der Waals surface area (Å²) in [4.78, 5) is 24.1. The van der Waals surface area contributed by atoms with Crippen LogP contribution in [0.3, 0.4) is 0 Å². The molecule has 26 heavy (non-hydrogen) atoms. The van der Waals surface area contributed by atoms with Gasteiger partial charge in [-0.1, -0.05) is 30.9 Å². The number of hydrogen-bond donors (Lipinski definition) is 3. The number of unbranched alkanes of at least 4 members (excludes halogenated alkanes) is 1. The fraction of sp³-hybridized carbons (Fsp3) is 0.556. The van der Waals surface area contributed by atoms with Crippen molar-refractivity contribution in [2.24, 2.45) is 0 Å². The van der Waals surface area contributed by atoms with Crippen molar-refractivity contribution >= 4 is 19.5 Å². The number of hydrogen-bond acceptors (Lipinski definition) is 6. The Hall–Kier alpha value is -1.90. The summed E-state index contributed by atoms with van der Waals surface area (Å²) in [5, 5.41) is 21.7. The van der Waals surface area contributed by atoms with Gasteiger partial charge in [-0.05, 0) is 45.4 Å². The molecule has 0 aromatic rings. The van der Waals surface area contributed by atoms with Gasteiger partial charge in [-0.25, -0.2) is 0 Å². The van der Waals surface area contributed by atoms with Crippen LogP contribution in [0.25, 0.3) is 0 Å². The van der Waals surface area contributed by atoms with Gasteiger partial charge in [-0.15, -0.1) is 0 Å². The van der Waals surface area contributed by atoms with Crippen LogP contribution in [0, 0.1) is 0 Å². The van der Waals surface area contributed by atoms with Gasteiger partial charge in [0.2, 0.25) is 5.91 Å². The minimum absolute atomic E-state index is 0.218. The quantitative estimate of drug-likeness (QED) is 0.172. The first kappa shape index (κ1) is 24.1. The fourth-order valence-electron chi connectivity index (χ4n) is 2.24. The van der Waals surface area contributed by atoms with Crippen molar-refractivity contribution in [1.29, 1.82) is 0 Å². The molecular weight excluding hydrogens is 335 g/mol. The van der Waals surface area contributed by atoms with Crippen molar-refractivity contribution in [2.45, 2.75) is 38.5 Å². The second-order valence-corrected chi connectivity index (χ2v) is 5.99. The summed E-state index contributed by atoms with van der Waals surface area (Å²) in [5.74, 6) is -0.996. The minimum atomic E-state index is -1.64. The highest BCUT2D eigenvalue weighted by molar-refractivity contribution is 6.43. The summed E-state index contributed by atoms with van der Waals surface area (Å²) in [6.45, 7) is 7.79. The largest absolute Gasteiger partial charge is 0.475 e. The van der Waals surface area contributed by atoms with E-state index in [0.717, 1.165) is 18.5 Å². The predicted octanol–water partition coefficient (Wildman–Crippen LogP) is 0.837. The average molecular weight is 366 g/mol. The summed E-state index contributed by atoms with van der Waals surface area (Å²) in [5.41, 5.74) is 0.806. The lowest BCUT2D eigenvalue weighted by molar-refractivity contribution is -0.129. The van der Waals surface area contributed by atoms with E-state index in [2.05, 4.69) is 16.6 Å². The Morgan fingerprint density at radius 1 is 1.35 bits per heavy atom. The minimum Gasteiger partial charge on any atom is -0.467 e. The lowest BCUT2D eigenvalue weighted by atomic mass is 9.75. The molecular formula is C18H31BN2O5. The molecule has 8 heteroatoms. The van der Waals surface area contributed by atoms with Crippen LogP contribution in [0.1, 0.15) is 32.6 Å². The topological polar surface area (TPSA) is 99.1 Å². The van der Waals surface area contributed by atoms with Crippen molar-refractivity contribution in [1.82, 2.24) is 10.2 Å². The maximum Gasteiger partial charge on any atom is 0.475 e. The van der Waals surface area contributed by atoms with Crippen LogP contribution in [-0.4, -0.2) is 67.1 Å². The number of nitrogens with zero attached hydrogens (tertiary/aromatic N) is 1. The molecule has 0 rings (SSSR count). The molecule has 0 radical (unpaired) electrons. The highest BCUT2D eigenvalue weighted by atomic mass is 16.5. The fourth-order valence-corrected chi connectivity index (χ4v) is 2.24. The third-order valence-electron chi connectivity index (χ3n) is 3.78. The Labute approximate surface area is 156 Å². The molecule has 7 nitrogen and oxygen atoms in total. The van der Waals surface area contributed by atoms with Crippen LogP contribution < -0.4 is 5.32 Å². The molecule has 0 aromatic heterocycles. The first-order chi connectivity index (χ1) is 12.4. The van der Waals surface area contributed by atoms with Crippen molar-refractivity contribution < 1.29 is 24.4 Å². The van der Waals surface area contributed by atoms with Gasteiger partial charge in [0.1, 0.15) is 6.61 Å². The van der Waals surface area contributed by atoms with Crippen molar-refractivity contribution in [3.63, 3.8) is 0 Å². The van der Waals surface area contributed by atoms with E-state index in [9.17, 15) is 19.6 Å². The molecule has 1 unspecified atom stereocenters. The molecule has 0 bridgehead atoms. The predicted molar refractivity (Wildman–Crippen MR) is 103 cm³/mol. The smallest absolute Gasteiger partial charge is 0.467 e. The zero-order chi connectivity index (χ0) is 19.8. The van der Waals surface area contributed by atoms with Gasteiger partial charge in [-0.2, -0.15) is 0 Å². The Balaban J connectivity index is 4.23. The molecule has 0 saturated heterocycles. The zero-order valence-corrected chi connectivity index (χ0v) is 15.8. The SMILES string of the molecule is C=C/C(=C\C=C/C)CC(NC(=O)CCCCN(C)CCOC=O)B(O)O. The monoisotopic (exact) mass is 366 g/mol. The Bertz CT molecular complexity index is 480. The zero-order valence-electron chi connectivity index (χ0n) is 15.8. The van der Waals surface area contributed by atoms with Crippen LogP contribution in [0.4, 0.5) is 0 Å². The molecule has 0 spiro atoms. The molecule has 146 valence electrons. The molecule has 0 heterocycles. The Kier molecular flexibility index (Phi) is 14.2. The van der Waals surface area contributed by atoms with Gasteiger partial charge >= 0.3 is 7.12 Å². The van der Waals surface area contributed by atoms with E-state index < -0.39 is 13.1 Å². The number of carbonyl (C=O) groups is 2. The summed E-state index contributed by atoms with van der Waals surface area (Å²) in [6.07, 6.45) is 9.23. The molecule has 0 fully saturated rings. The van der Waals surface area contributed by atoms with Gasteiger partial charge in [0.05, 0.1) is 5.94 Å². The van der Waals surface area contributed by atoms with Gasteiger partial charge < -0.3 is 25.0 Å². The molecule has 0 aliphatic carbocycles. The van der Waals surface area contributed by atoms with Gasteiger partial charge in [-0.3, -0.25) is 9.59 Å². The highest BCUT2D eigenvalue weighted by Crippen LogP contribution is 2.09. The number of allylic oxidation sites excluding steroid dienone is 4. The summed E-state index contributed by atoms with van der Waals surface area (Å²) in [6, 6.07) is 0. The van der Waals surface area contributed by atoms with E-state index in [1.165, 1.54) is 0 Å². The Morgan fingerprint density at radius 3 is 2.65 bits per heavy atom. The standard InChI is InChI=1S/C18H31BN2O5/c1-4-6-9-16(5-2)14-17(19(24)25)20-18(23)10-7-8-11-21(3)12-13-26-15-22/h4-6,9,15,17,24-25H,2,7-8,10-14H2,1,3H3,(H,20,23)/b6-4-,16-9+. The number of nitrogens with one attached hydrogen (secondary N) is 1. The van der Waals surface area contributed by atoms with Crippen molar-refractivity contribution in [2.75, 3.05) is 26.7 Å². The van der Waals surface area contributed by atoms with Crippen LogP contribution in [0.2, 0.25) is 0 Å². The number of rotatable bonds is 15. The maximum absolute atomic E-state index is 12.0. The van der Waals surface area contributed by atoms with Crippen LogP contribution in [0.5, 0.6) is 0 Å². The number of amides is 1. The number of ether oxygens (including phenoxy) is 1. The number of likely N-dealkylation sites (N-methyl/N-ethyl adjacent to an activating group) is 1. The number of carbonyl (C=O) groups excluding carboxylic acids is 2. The second kappa shape index (κ2) is 15.4. The molecule has 1 atom stereocenters. The highest BCUT2D eigenvalue weighted by Gasteiger charge is 2.25. The average Bonchev–Trinajstić information content (AvgIpc) is 2.61. The Morgan fingerprint density at radius 2 is 2.08 bits per heavy atom. The normalized spacial score (nSPS) is 12.9. The van der Waals surface area contributed by atoms with E-state index in [1.54, 1.807) is 6.08 Å².